The molecule has 2 atom stereocenters. The van der Waals surface area contributed by atoms with E-state index in [4.69, 9.17) is 9.16 Å². The number of ether oxygens (including phenoxy) is 1. The summed E-state index contributed by atoms with van der Waals surface area (Å²) in [6.45, 7) is 7.92. The molecule has 0 saturated heterocycles. The van der Waals surface area contributed by atoms with Crippen LogP contribution < -0.4 is 14.8 Å². The average Bonchev–Trinajstić information content (AvgIpc) is 3.71. The second-order valence-electron chi connectivity index (χ2n) is 14.6. The van der Waals surface area contributed by atoms with Gasteiger partial charge in [-0.2, -0.15) is 9.78 Å². The molecule has 2 unspecified atom stereocenters. The molecule has 0 radical (unpaired) electrons. The molecule has 10 nitrogen and oxygen atoms in total. The van der Waals surface area contributed by atoms with Gasteiger partial charge in [-0.25, -0.2) is 4.79 Å². The molecule has 0 spiro atoms. The van der Waals surface area contributed by atoms with Crippen LogP contribution in [0.1, 0.15) is 68.6 Å². The lowest BCUT2D eigenvalue weighted by Crippen LogP contribution is -2.66. The fourth-order valence-electron chi connectivity index (χ4n) is 7.28. The molecule has 12 heteroatoms. The van der Waals surface area contributed by atoms with Crippen molar-refractivity contribution in [2.45, 2.75) is 83.0 Å². The minimum Gasteiger partial charge on any atom is -0.534 e. The maximum Gasteiger partial charge on any atom is 0.435 e. The van der Waals surface area contributed by atoms with E-state index in [0.717, 1.165) is 56.7 Å². The van der Waals surface area contributed by atoms with E-state index in [0.29, 0.717) is 24.9 Å². The van der Waals surface area contributed by atoms with Crippen LogP contribution in [-0.2, 0) is 17.6 Å². The van der Waals surface area contributed by atoms with Crippen LogP contribution in [-0.4, -0.2) is 59.2 Å². The highest BCUT2D eigenvalue weighted by Gasteiger charge is 2.47. The van der Waals surface area contributed by atoms with Gasteiger partial charge in [-0.3, -0.25) is 4.79 Å². The molecule has 51 heavy (non-hydrogen) atoms. The Kier molecular flexibility index (Phi) is 9.49. The van der Waals surface area contributed by atoms with E-state index in [1.807, 2.05) is 80.7 Å². The van der Waals surface area contributed by atoms with Crippen LogP contribution in [0.2, 0.25) is 5.54 Å². The maximum atomic E-state index is 14.4. The predicted octanol–water partition coefficient (Wildman–Crippen LogP) is 7.88. The zero-order valence-corrected chi connectivity index (χ0v) is 31.2. The molecule has 0 bridgehead atoms. The fourth-order valence-corrected chi connectivity index (χ4v) is 12.4. The second kappa shape index (κ2) is 14.0. The third kappa shape index (κ3) is 7.04. The number of fused-ring (bicyclic) bond motifs is 2. The highest BCUT2D eigenvalue weighted by atomic mass is 32.1. The van der Waals surface area contributed by atoms with Crippen LogP contribution in [0.15, 0.2) is 95.6 Å². The smallest absolute Gasteiger partial charge is 0.435 e. The Morgan fingerprint density at radius 3 is 2.35 bits per heavy atom. The van der Waals surface area contributed by atoms with Crippen LogP contribution >= 0.6 is 11.3 Å². The first-order chi connectivity index (χ1) is 24.6. The molecule has 2 aliphatic carbocycles. The summed E-state index contributed by atoms with van der Waals surface area (Å²) in [7, 11) is -3.00. The molecule has 1 saturated carbocycles. The van der Waals surface area contributed by atoms with Crippen molar-refractivity contribution in [2.24, 2.45) is 5.11 Å². The van der Waals surface area contributed by atoms with Gasteiger partial charge in [-0.05, 0) is 98.1 Å². The van der Waals surface area contributed by atoms with Gasteiger partial charge in [-0.15, -0.1) is 11.3 Å². The molecule has 2 aromatic heterocycles. The lowest BCUT2D eigenvalue weighted by Gasteiger charge is -2.37. The summed E-state index contributed by atoms with van der Waals surface area (Å²) >= 11 is 1.55. The monoisotopic (exact) mass is 718 g/mol. The van der Waals surface area contributed by atoms with Crippen LogP contribution in [0.5, 0.6) is 5.75 Å². The number of amides is 1. The summed E-state index contributed by atoms with van der Waals surface area (Å²) in [5.41, 5.74) is 11.1. The molecule has 1 fully saturated rings. The SMILES string of the molecule is CC(CN=[N+]=[N-])[Si](Oc1ccc2c(C(=O)N(C3CC3)C3CCc4nn(C(=O)OC(C)(C)C)cc4C3)csc2c1)(c1ccccc1)c1ccccc1. The van der Waals surface area contributed by atoms with Gasteiger partial charge >= 0.3 is 14.4 Å². The van der Waals surface area contributed by atoms with E-state index in [1.165, 1.54) is 4.68 Å². The van der Waals surface area contributed by atoms with E-state index in [9.17, 15) is 15.1 Å². The van der Waals surface area contributed by atoms with Gasteiger partial charge in [0.05, 0.1) is 11.3 Å². The molecule has 2 heterocycles. The quantitative estimate of drug-likeness (QED) is 0.0629. The summed E-state index contributed by atoms with van der Waals surface area (Å²) in [4.78, 5) is 32.3. The first-order valence-electron chi connectivity index (χ1n) is 17.5. The molecule has 3 aromatic carbocycles. The average molecular weight is 719 g/mol. The minimum absolute atomic E-state index is 0.0206. The van der Waals surface area contributed by atoms with Gasteiger partial charge < -0.3 is 14.1 Å². The second-order valence-corrected chi connectivity index (χ2v) is 19.3. The molecular weight excluding hydrogens is 677 g/mol. The first-order valence-corrected chi connectivity index (χ1v) is 20.4. The molecule has 5 aromatic rings. The summed E-state index contributed by atoms with van der Waals surface area (Å²) in [5.74, 6) is 0.766. The van der Waals surface area contributed by atoms with Crippen molar-refractivity contribution < 1.29 is 18.8 Å². The highest BCUT2D eigenvalue weighted by molar-refractivity contribution is 7.17. The van der Waals surface area contributed by atoms with Gasteiger partial charge in [0.25, 0.3) is 5.91 Å². The number of benzene rings is 3. The predicted molar refractivity (Wildman–Crippen MR) is 203 cm³/mol. The topological polar surface area (TPSA) is 122 Å². The third-order valence-corrected chi connectivity index (χ3v) is 15.2. The molecular formula is C39H42N6O4SSi. The van der Waals surface area contributed by atoms with Gasteiger partial charge in [0.1, 0.15) is 11.4 Å². The number of azide groups is 1. The minimum atomic E-state index is -3.00. The highest BCUT2D eigenvalue weighted by Crippen LogP contribution is 2.38. The van der Waals surface area contributed by atoms with E-state index < -0.39 is 20.0 Å². The normalized spacial score (nSPS) is 16.5. The Bertz CT molecular complexity index is 2060. The molecule has 2 aliphatic rings. The van der Waals surface area contributed by atoms with Crippen LogP contribution in [0.3, 0.4) is 0 Å². The summed E-state index contributed by atoms with van der Waals surface area (Å²) < 4.78 is 15.0. The van der Waals surface area contributed by atoms with Crippen molar-refractivity contribution in [3.05, 3.63) is 118 Å². The van der Waals surface area contributed by atoms with Gasteiger partial charge in [-0.1, -0.05) is 72.7 Å². The molecule has 7 rings (SSSR count). The Morgan fingerprint density at radius 2 is 1.73 bits per heavy atom. The number of hydrogen-bond acceptors (Lipinski definition) is 7. The lowest BCUT2D eigenvalue weighted by molar-refractivity contribution is 0.0513. The van der Waals surface area contributed by atoms with E-state index in [-0.39, 0.29) is 23.5 Å². The number of carbonyl (C=O) groups excluding carboxylic acids is 2. The van der Waals surface area contributed by atoms with Crippen molar-refractivity contribution in [1.82, 2.24) is 14.7 Å². The Labute approximate surface area is 302 Å². The molecule has 262 valence electrons. The number of carbonyl (C=O) groups is 2. The Balaban J connectivity index is 1.18. The van der Waals surface area contributed by atoms with Gasteiger partial charge in [0, 0.05) is 45.2 Å². The number of rotatable bonds is 10. The van der Waals surface area contributed by atoms with E-state index in [2.05, 4.69) is 51.2 Å². The van der Waals surface area contributed by atoms with Crippen LogP contribution in [0.4, 0.5) is 4.79 Å². The Hall–Kier alpha value is -4.90. The zero-order chi connectivity index (χ0) is 35.8. The van der Waals surface area contributed by atoms with Crippen molar-refractivity contribution in [3.63, 3.8) is 0 Å². The van der Waals surface area contributed by atoms with Crippen molar-refractivity contribution in [3.8, 4) is 5.75 Å². The molecule has 0 N–H and O–H groups in total. The number of aryl methyl sites for hydroxylation is 1. The third-order valence-electron chi connectivity index (χ3n) is 9.77. The number of nitrogens with zero attached hydrogens (tertiary/aromatic N) is 6. The zero-order valence-electron chi connectivity index (χ0n) is 29.4. The summed E-state index contributed by atoms with van der Waals surface area (Å²) in [5, 5.41) is 13.6. The number of aromatic nitrogens is 2. The van der Waals surface area contributed by atoms with E-state index in [1.54, 1.807) is 17.5 Å². The maximum absolute atomic E-state index is 14.4. The van der Waals surface area contributed by atoms with Gasteiger partial charge in [0.15, 0.2) is 0 Å². The van der Waals surface area contributed by atoms with Crippen molar-refractivity contribution in [2.75, 3.05) is 6.54 Å². The van der Waals surface area contributed by atoms with Crippen molar-refractivity contribution in [1.29, 1.82) is 0 Å². The van der Waals surface area contributed by atoms with Crippen molar-refractivity contribution >= 4 is 52.1 Å². The summed E-state index contributed by atoms with van der Waals surface area (Å²) in [6, 6.07) is 26.8. The number of hydrogen-bond donors (Lipinski definition) is 0. The van der Waals surface area contributed by atoms with E-state index >= 15 is 0 Å². The Morgan fingerprint density at radius 1 is 1.04 bits per heavy atom. The summed E-state index contributed by atoms with van der Waals surface area (Å²) in [6.07, 6.45) is 5.41. The standard InChI is InChI=1S/C39H42N6O4SSi/c1-26(23-41-43-40)51(31-11-7-5-8-12-31,32-13-9-6-10-14-32)49-30-18-19-33-34(25-50-36(33)22-30)37(46)45(28-15-16-28)29-17-20-35-27(21-29)24-44(42-35)38(47)48-39(2,3)4/h5-14,18-19,22,24-26,28-29H,15-17,20-21,23H2,1-4H3. The molecule has 0 aliphatic heterocycles. The first kappa shape index (κ1) is 34.5. The number of thiophene rings is 1. The van der Waals surface area contributed by atoms with Crippen LogP contribution in [0.25, 0.3) is 20.5 Å². The lowest BCUT2D eigenvalue weighted by atomic mass is 9.91. The fraction of sp³-hybridized carbons (Fsp3) is 0.359. The van der Waals surface area contributed by atoms with Crippen LogP contribution in [0, 0.1) is 0 Å². The van der Waals surface area contributed by atoms with Gasteiger partial charge in [0.2, 0.25) is 0 Å². The molecule has 1 amide bonds. The largest absolute Gasteiger partial charge is 0.534 e.